The van der Waals surface area contributed by atoms with Crippen molar-refractivity contribution >= 4 is 23.2 Å². The van der Waals surface area contributed by atoms with E-state index >= 15 is 0 Å². The molecule has 0 radical (unpaired) electrons. The molecule has 1 heterocycles. The Morgan fingerprint density at radius 3 is 2.41 bits per heavy atom. The Hall–Kier alpha value is -2.41. The van der Waals surface area contributed by atoms with E-state index in [1.165, 1.54) is 11.3 Å². The van der Waals surface area contributed by atoms with Crippen LogP contribution in [0.1, 0.15) is 39.3 Å². The fourth-order valence-electron chi connectivity index (χ4n) is 2.91. The Morgan fingerprint density at radius 1 is 1.19 bits per heavy atom. The summed E-state index contributed by atoms with van der Waals surface area (Å²) in [5.74, 6) is -0.594. The summed E-state index contributed by atoms with van der Waals surface area (Å²) in [6, 6.07) is 6.78. The van der Waals surface area contributed by atoms with Crippen LogP contribution in [0, 0.1) is 5.92 Å². The standard InChI is InChI=1S/C20H26N2O4S/c1-4-13(5-2)18(20(24)25)22-17(23)11-15-12-27-19(21-15)14-7-9-16(10-8-14)26-6-3/h7-10,12-13,18H,4-6,11H2,1-3H3,(H,22,23)(H,24,25). The number of rotatable bonds is 10. The van der Waals surface area contributed by atoms with Gasteiger partial charge in [-0.15, -0.1) is 11.3 Å². The van der Waals surface area contributed by atoms with Gasteiger partial charge in [-0.25, -0.2) is 9.78 Å². The van der Waals surface area contributed by atoms with Gasteiger partial charge in [0.25, 0.3) is 0 Å². The molecule has 0 saturated heterocycles. The molecule has 1 atom stereocenters. The molecular formula is C20H26N2O4S. The van der Waals surface area contributed by atoms with E-state index in [-0.39, 0.29) is 18.2 Å². The maximum atomic E-state index is 12.3. The van der Waals surface area contributed by atoms with Crippen LogP contribution in [0.25, 0.3) is 10.6 Å². The van der Waals surface area contributed by atoms with Crippen molar-refractivity contribution in [1.82, 2.24) is 10.3 Å². The van der Waals surface area contributed by atoms with Crippen molar-refractivity contribution in [3.63, 3.8) is 0 Å². The lowest BCUT2D eigenvalue weighted by Crippen LogP contribution is -2.46. The molecule has 0 saturated carbocycles. The predicted octanol–water partition coefficient (Wildman–Crippen LogP) is 3.76. The molecule has 2 aromatic rings. The van der Waals surface area contributed by atoms with Crippen LogP contribution in [0.5, 0.6) is 5.75 Å². The minimum atomic E-state index is -0.995. The molecule has 1 aromatic carbocycles. The second-order valence-electron chi connectivity index (χ2n) is 6.24. The Balaban J connectivity index is 2.01. The molecule has 6 nitrogen and oxygen atoms in total. The highest BCUT2D eigenvalue weighted by molar-refractivity contribution is 7.13. The number of carbonyl (C=O) groups excluding carboxylic acids is 1. The fourth-order valence-corrected chi connectivity index (χ4v) is 3.74. The largest absolute Gasteiger partial charge is 0.494 e. The summed E-state index contributed by atoms with van der Waals surface area (Å²) in [7, 11) is 0. The first kappa shape index (κ1) is 20.9. The topological polar surface area (TPSA) is 88.5 Å². The van der Waals surface area contributed by atoms with E-state index in [1.807, 2.05) is 50.4 Å². The number of hydrogen-bond acceptors (Lipinski definition) is 5. The highest BCUT2D eigenvalue weighted by atomic mass is 32.1. The van der Waals surface area contributed by atoms with Crippen molar-refractivity contribution in [2.75, 3.05) is 6.61 Å². The van der Waals surface area contributed by atoms with E-state index in [4.69, 9.17) is 4.74 Å². The quantitative estimate of drug-likeness (QED) is 0.645. The second-order valence-corrected chi connectivity index (χ2v) is 7.10. The molecule has 1 aromatic heterocycles. The molecule has 0 aliphatic heterocycles. The van der Waals surface area contributed by atoms with Gasteiger partial charge in [-0.2, -0.15) is 0 Å². The monoisotopic (exact) mass is 390 g/mol. The van der Waals surface area contributed by atoms with Crippen molar-refractivity contribution < 1.29 is 19.4 Å². The van der Waals surface area contributed by atoms with Crippen molar-refractivity contribution in [2.24, 2.45) is 5.92 Å². The van der Waals surface area contributed by atoms with Crippen molar-refractivity contribution in [3.05, 3.63) is 35.3 Å². The maximum Gasteiger partial charge on any atom is 0.326 e. The third-order valence-electron chi connectivity index (χ3n) is 4.41. The summed E-state index contributed by atoms with van der Waals surface area (Å²) in [6.45, 7) is 6.41. The van der Waals surface area contributed by atoms with Crippen LogP contribution in [-0.4, -0.2) is 34.6 Å². The minimum absolute atomic E-state index is 0.0669. The molecule has 146 valence electrons. The van der Waals surface area contributed by atoms with Gasteiger partial charge in [0.05, 0.1) is 18.7 Å². The Kier molecular flexibility index (Phi) is 7.79. The molecule has 0 fully saturated rings. The van der Waals surface area contributed by atoms with E-state index in [1.54, 1.807) is 0 Å². The molecule has 7 heteroatoms. The van der Waals surface area contributed by atoms with E-state index in [2.05, 4.69) is 10.3 Å². The van der Waals surface area contributed by atoms with Crippen LogP contribution >= 0.6 is 11.3 Å². The third kappa shape index (κ3) is 5.79. The number of hydrogen-bond donors (Lipinski definition) is 2. The number of aliphatic carboxylic acids is 1. The molecule has 1 amide bonds. The normalized spacial score (nSPS) is 12.0. The van der Waals surface area contributed by atoms with Crippen LogP contribution < -0.4 is 10.1 Å². The lowest BCUT2D eigenvalue weighted by atomic mass is 9.94. The number of thiazole rings is 1. The number of nitrogens with one attached hydrogen (secondary N) is 1. The van der Waals surface area contributed by atoms with E-state index in [0.717, 1.165) is 16.3 Å². The first-order chi connectivity index (χ1) is 13.0. The second kappa shape index (κ2) is 10.1. The SMILES string of the molecule is CCOc1ccc(-c2nc(CC(=O)NC(C(=O)O)C(CC)CC)cs2)cc1. The van der Waals surface area contributed by atoms with Crippen LogP contribution in [-0.2, 0) is 16.0 Å². The van der Waals surface area contributed by atoms with E-state index in [0.29, 0.717) is 25.1 Å². The highest BCUT2D eigenvalue weighted by Gasteiger charge is 2.27. The first-order valence-corrected chi connectivity index (χ1v) is 10.1. The average Bonchev–Trinajstić information content (AvgIpc) is 3.11. The minimum Gasteiger partial charge on any atom is -0.494 e. The molecule has 27 heavy (non-hydrogen) atoms. The third-order valence-corrected chi connectivity index (χ3v) is 5.35. The van der Waals surface area contributed by atoms with Gasteiger partial charge in [-0.05, 0) is 37.1 Å². The molecule has 0 aliphatic carbocycles. The molecule has 2 N–H and O–H groups in total. The zero-order chi connectivity index (χ0) is 19.8. The molecular weight excluding hydrogens is 364 g/mol. The van der Waals surface area contributed by atoms with Crippen LogP contribution in [0.2, 0.25) is 0 Å². The predicted molar refractivity (Wildman–Crippen MR) is 106 cm³/mol. The van der Waals surface area contributed by atoms with Gasteiger partial charge in [0.1, 0.15) is 16.8 Å². The van der Waals surface area contributed by atoms with Crippen molar-refractivity contribution in [3.8, 4) is 16.3 Å². The van der Waals surface area contributed by atoms with Crippen LogP contribution in [0.4, 0.5) is 0 Å². The average molecular weight is 391 g/mol. The van der Waals surface area contributed by atoms with Crippen molar-refractivity contribution in [2.45, 2.75) is 46.1 Å². The van der Waals surface area contributed by atoms with Crippen LogP contribution in [0.3, 0.4) is 0 Å². The van der Waals surface area contributed by atoms with Gasteiger partial charge in [-0.3, -0.25) is 4.79 Å². The number of carbonyl (C=O) groups is 2. The number of nitrogens with zero attached hydrogens (tertiary/aromatic N) is 1. The number of benzene rings is 1. The zero-order valence-corrected chi connectivity index (χ0v) is 16.7. The summed E-state index contributed by atoms with van der Waals surface area (Å²) in [5.41, 5.74) is 1.59. The maximum absolute atomic E-state index is 12.3. The van der Waals surface area contributed by atoms with Crippen molar-refractivity contribution in [1.29, 1.82) is 0 Å². The zero-order valence-electron chi connectivity index (χ0n) is 15.9. The number of ether oxygens (including phenoxy) is 1. The Labute approximate surface area is 163 Å². The molecule has 1 unspecified atom stereocenters. The number of carboxylic acids is 1. The van der Waals surface area contributed by atoms with E-state index in [9.17, 15) is 14.7 Å². The Bertz CT molecular complexity index is 754. The Morgan fingerprint density at radius 2 is 1.85 bits per heavy atom. The van der Waals surface area contributed by atoms with Gasteiger partial charge >= 0.3 is 5.97 Å². The fraction of sp³-hybridized carbons (Fsp3) is 0.450. The summed E-state index contributed by atoms with van der Waals surface area (Å²) in [6.07, 6.45) is 1.47. The summed E-state index contributed by atoms with van der Waals surface area (Å²) in [5, 5.41) is 14.7. The lowest BCUT2D eigenvalue weighted by Gasteiger charge is -2.22. The first-order valence-electron chi connectivity index (χ1n) is 9.18. The van der Waals surface area contributed by atoms with Gasteiger partial charge in [-0.1, -0.05) is 26.7 Å². The number of aromatic nitrogens is 1. The molecule has 0 spiro atoms. The van der Waals surface area contributed by atoms with Gasteiger partial charge in [0, 0.05) is 10.9 Å². The number of carboxylic acid groups (broad SMARTS) is 1. The summed E-state index contributed by atoms with van der Waals surface area (Å²) in [4.78, 5) is 28.3. The smallest absolute Gasteiger partial charge is 0.326 e. The molecule has 0 aliphatic rings. The lowest BCUT2D eigenvalue weighted by molar-refractivity contribution is -0.143. The van der Waals surface area contributed by atoms with Gasteiger partial charge in [0.15, 0.2) is 0 Å². The summed E-state index contributed by atoms with van der Waals surface area (Å²) >= 11 is 1.46. The molecule has 0 bridgehead atoms. The molecule has 2 rings (SSSR count). The number of amides is 1. The van der Waals surface area contributed by atoms with E-state index < -0.39 is 12.0 Å². The summed E-state index contributed by atoms with van der Waals surface area (Å²) < 4.78 is 5.43. The van der Waals surface area contributed by atoms with Gasteiger partial charge in [0.2, 0.25) is 5.91 Å². The van der Waals surface area contributed by atoms with Gasteiger partial charge < -0.3 is 15.2 Å². The highest BCUT2D eigenvalue weighted by Crippen LogP contribution is 2.26. The van der Waals surface area contributed by atoms with Crippen LogP contribution in [0.15, 0.2) is 29.6 Å².